The molecule has 0 unspecified atom stereocenters. The van der Waals surface area contributed by atoms with Crippen molar-refractivity contribution in [3.05, 3.63) is 30.1 Å². The molecule has 0 radical (unpaired) electrons. The van der Waals surface area contributed by atoms with Gasteiger partial charge in [0.1, 0.15) is 5.82 Å². The fourth-order valence-corrected chi connectivity index (χ4v) is 3.45. The lowest BCUT2D eigenvalue weighted by Crippen LogP contribution is -2.41. The van der Waals surface area contributed by atoms with Gasteiger partial charge in [0.05, 0.1) is 19.8 Å². The van der Waals surface area contributed by atoms with Crippen molar-refractivity contribution in [1.82, 2.24) is 4.90 Å². The van der Waals surface area contributed by atoms with E-state index in [4.69, 9.17) is 9.47 Å². The molecule has 1 aromatic rings. The van der Waals surface area contributed by atoms with Crippen molar-refractivity contribution < 1.29 is 18.7 Å². The quantitative estimate of drug-likeness (QED) is 0.843. The van der Waals surface area contributed by atoms with E-state index < -0.39 is 0 Å². The van der Waals surface area contributed by atoms with Crippen molar-refractivity contribution in [3.63, 3.8) is 0 Å². The van der Waals surface area contributed by atoms with Crippen LogP contribution in [0.2, 0.25) is 0 Å². The molecule has 2 aliphatic heterocycles. The second-order valence-electron chi connectivity index (χ2n) is 6.45. The second kappa shape index (κ2) is 6.95. The normalized spacial score (nSPS) is 26.0. The van der Waals surface area contributed by atoms with Crippen molar-refractivity contribution in [3.8, 4) is 0 Å². The summed E-state index contributed by atoms with van der Waals surface area (Å²) in [6.45, 7) is 5.06. The van der Waals surface area contributed by atoms with E-state index in [1.807, 2.05) is 0 Å². The molecule has 1 atom stereocenters. The van der Waals surface area contributed by atoms with Gasteiger partial charge in [-0.15, -0.1) is 0 Å². The minimum absolute atomic E-state index is 0.0776. The third kappa shape index (κ3) is 3.71. The van der Waals surface area contributed by atoms with Gasteiger partial charge in [-0.2, -0.15) is 0 Å². The zero-order valence-corrected chi connectivity index (χ0v) is 13.5. The molecule has 5 nitrogen and oxygen atoms in total. The first kappa shape index (κ1) is 16.4. The molecule has 3 rings (SSSR count). The standard InChI is InChI=1S/C17H23FN2O3/c1-22-8-6-19-7-9-23-13-17(11-19)10-16(21)20(12-17)15-4-2-14(18)3-5-15/h2-5H,6-13H2,1H3/t17-/m1/s1. The van der Waals surface area contributed by atoms with Crippen LogP contribution in [-0.2, 0) is 14.3 Å². The van der Waals surface area contributed by atoms with Gasteiger partial charge < -0.3 is 14.4 Å². The van der Waals surface area contributed by atoms with Gasteiger partial charge in [-0.3, -0.25) is 9.69 Å². The number of nitrogens with zero attached hydrogens (tertiary/aromatic N) is 2. The minimum Gasteiger partial charge on any atom is -0.383 e. The Labute approximate surface area is 136 Å². The highest BCUT2D eigenvalue weighted by Gasteiger charge is 2.45. The van der Waals surface area contributed by atoms with E-state index in [0.29, 0.717) is 32.8 Å². The van der Waals surface area contributed by atoms with Crippen molar-refractivity contribution in [2.45, 2.75) is 6.42 Å². The average Bonchev–Trinajstić information content (AvgIpc) is 2.73. The van der Waals surface area contributed by atoms with Crippen LogP contribution in [0.15, 0.2) is 24.3 Å². The van der Waals surface area contributed by atoms with Crippen LogP contribution in [0, 0.1) is 11.2 Å². The van der Waals surface area contributed by atoms with Crippen molar-refractivity contribution >= 4 is 11.6 Å². The highest BCUT2D eigenvalue weighted by Crippen LogP contribution is 2.36. The zero-order chi connectivity index (χ0) is 16.3. The monoisotopic (exact) mass is 322 g/mol. The third-order valence-corrected chi connectivity index (χ3v) is 4.59. The number of hydrogen-bond donors (Lipinski definition) is 0. The lowest BCUT2D eigenvalue weighted by atomic mass is 9.87. The Kier molecular flexibility index (Phi) is 4.94. The number of hydrogen-bond acceptors (Lipinski definition) is 4. The summed E-state index contributed by atoms with van der Waals surface area (Å²) in [5.74, 6) is -0.215. The zero-order valence-electron chi connectivity index (χ0n) is 13.5. The lowest BCUT2D eigenvalue weighted by molar-refractivity contribution is -0.118. The van der Waals surface area contributed by atoms with Gasteiger partial charge in [-0.1, -0.05) is 0 Å². The molecule has 2 heterocycles. The number of ether oxygens (including phenoxy) is 2. The summed E-state index contributed by atoms with van der Waals surface area (Å²) in [5, 5.41) is 0. The van der Waals surface area contributed by atoms with Gasteiger partial charge in [0.15, 0.2) is 0 Å². The molecule has 2 saturated heterocycles. The number of benzene rings is 1. The van der Waals surface area contributed by atoms with E-state index in [1.54, 1.807) is 24.1 Å². The van der Waals surface area contributed by atoms with Crippen LogP contribution >= 0.6 is 0 Å². The summed E-state index contributed by atoms with van der Waals surface area (Å²) in [5.41, 5.74) is 0.552. The van der Waals surface area contributed by atoms with E-state index in [1.165, 1.54) is 12.1 Å². The van der Waals surface area contributed by atoms with E-state index in [0.717, 1.165) is 25.3 Å². The SMILES string of the molecule is COCCN1CCOC[C@]2(CC(=O)N(c3ccc(F)cc3)C2)C1. The molecule has 2 aliphatic rings. The molecule has 0 aromatic heterocycles. The smallest absolute Gasteiger partial charge is 0.227 e. The number of anilines is 1. The summed E-state index contributed by atoms with van der Waals surface area (Å²) in [6.07, 6.45) is 0.466. The Hall–Kier alpha value is -1.50. The van der Waals surface area contributed by atoms with Gasteiger partial charge in [-0.05, 0) is 24.3 Å². The number of carbonyl (C=O) groups is 1. The highest BCUT2D eigenvalue weighted by molar-refractivity contribution is 5.96. The molecule has 0 aliphatic carbocycles. The first-order chi connectivity index (χ1) is 11.1. The van der Waals surface area contributed by atoms with Crippen LogP contribution < -0.4 is 4.90 Å². The molecule has 0 N–H and O–H groups in total. The fourth-order valence-electron chi connectivity index (χ4n) is 3.45. The van der Waals surface area contributed by atoms with Crippen molar-refractivity contribution in [2.24, 2.45) is 5.41 Å². The predicted octanol–water partition coefficient (Wildman–Crippen LogP) is 1.53. The minimum atomic E-state index is -0.293. The van der Waals surface area contributed by atoms with Crippen LogP contribution in [0.5, 0.6) is 0 Å². The van der Waals surface area contributed by atoms with Gasteiger partial charge in [0.2, 0.25) is 5.91 Å². The number of amides is 1. The maximum atomic E-state index is 13.1. The summed E-state index contributed by atoms with van der Waals surface area (Å²) in [7, 11) is 1.69. The van der Waals surface area contributed by atoms with Crippen LogP contribution in [0.4, 0.5) is 10.1 Å². The molecule has 126 valence electrons. The molecular weight excluding hydrogens is 299 g/mol. The molecular formula is C17H23FN2O3. The Morgan fingerprint density at radius 3 is 2.83 bits per heavy atom. The van der Waals surface area contributed by atoms with Crippen LogP contribution in [0.3, 0.4) is 0 Å². The van der Waals surface area contributed by atoms with E-state index in [9.17, 15) is 9.18 Å². The molecule has 1 amide bonds. The number of halogens is 1. The first-order valence-electron chi connectivity index (χ1n) is 7.97. The summed E-state index contributed by atoms with van der Waals surface area (Å²) >= 11 is 0. The van der Waals surface area contributed by atoms with Crippen molar-refractivity contribution in [2.75, 3.05) is 58.0 Å². The lowest BCUT2D eigenvalue weighted by Gasteiger charge is -2.31. The third-order valence-electron chi connectivity index (χ3n) is 4.59. The van der Waals surface area contributed by atoms with Crippen LogP contribution in [0.25, 0.3) is 0 Å². The highest BCUT2D eigenvalue weighted by atomic mass is 19.1. The van der Waals surface area contributed by atoms with Crippen LogP contribution in [-0.4, -0.2) is 63.9 Å². The fraction of sp³-hybridized carbons (Fsp3) is 0.588. The Balaban J connectivity index is 1.74. The van der Waals surface area contributed by atoms with Crippen LogP contribution in [0.1, 0.15) is 6.42 Å². The Morgan fingerprint density at radius 2 is 2.09 bits per heavy atom. The van der Waals surface area contributed by atoms with Gasteiger partial charge in [-0.25, -0.2) is 4.39 Å². The summed E-state index contributed by atoms with van der Waals surface area (Å²) in [6, 6.07) is 6.10. The molecule has 0 bridgehead atoms. The molecule has 6 heteroatoms. The largest absolute Gasteiger partial charge is 0.383 e. The predicted molar refractivity (Wildman–Crippen MR) is 84.9 cm³/mol. The van der Waals surface area contributed by atoms with Crippen molar-refractivity contribution in [1.29, 1.82) is 0 Å². The van der Waals surface area contributed by atoms with Gasteiger partial charge in [0, 0.05) is 50.8 Å². The Morgan fingerprint density at radius 1 is 1.30 bits per heavy atom. The molecule has 1 spiro atoms. The molecule has 1 aromatic carbocycles. The molecule has 2 fully saturated rings. The number of methoxy groups -OCH3 is 1. The number of carbonyl (C=O) groups excluding carboxylic acids is 1. The molecule has 0 saturated carbocycles. The second-order valence-corrected chi connectivity index (χ2v) is 6.45. The van der Waals surface area contributed by atoms with E-state index >= 15 is 0 Å². The van der Waals surface area contributed by atoms with Gasteiger partial charge in [0.25, 0.3) is 0 Å². The first-order valence-corrected chi connectivity index (χ1v) is 7.97. The topological polar surface area (TPSA) is 42.0 Å². The van der Waals surface area contributed by atoms with E-state index in [2.05, 4.69) is 4.90 Å². The maximum absolute atomic E-state index is 13.1. The Bertz CT molecular complexity index is 551. The number of rotatable bonds is 4. The summed E-state index contributed by atoms with van der Waals surface area (Å²) < 4.78 is 24.0. The molecule has 23 heavy (non-hydrogen) atoms. The maximum Gasteiger partial charge on any atom is 0.227 e. The summed E-state index contributed by atoms with van der Waals surface area (Å²) in [4.78, 5) is 16.6. The van der Waals surface area contributed by atoms with E-state index in [-0.39, 0.29) is 17.1 Å². The van der Waals surface area contributed by atoms with Gasteiger partial charge >= 0.3 is 0 Å². The average molecular weight is 322 g/mol.